The largest absolute Gasteiger partial charge is 0.337 e. The van der Waals surface area contributed by atoms with E-state index in [1.807, 2.05) is 4.90 Å². The molecular weight excluding hydrogens is 228 g/mol. The molecule has 18 heavy (non-hydrogen) atoms. The quantitative estimate of drug-likeness (QED) is 0.628. The first kappa shape index (κ1) is 12.8. The number of amides is 1. The summed E-state index contributed by atoms with van der Waals surface area (Å²) >= 11 is 0. The van der Waals surface area contributed by atoms with E-state index in [0.29, 0.717) is 23.3 Å². The maximum absolute atomic E-state index is 12.3. The van der Waals surface area contributed by atoms with Gasteiger partial charge in [0.25, 0.3) is 5.91 Å². The summed E-state index contributed by atoms with van der Waals surface area (Å²) in [7, 11) is 0. The summed E-state index contributed by atoms with van der Waals surface area (Å²) in [5, 5.41) is 0. The van der Waals surface area contributed by atoms with E-state index >= 15 is 0 Å². The number of carbonyl (C=O) groups excluding carboxylic acids is 1. The Hall–Kier alpha value is -1.62. The molecule has 98 valence electrons. The van der Waals surface area contributed by atoms with Gasteiger partial charge in [0.05, 0.1) is 0 Å². The summed E-state index contributed by atoms with van der Waals surface area (Å²) in [6, 6.07) is 5.25. The average Bonchev–Trinajstić information content (AvgIpc) is 2.87. The molecule has 0 saturated carbocycles. The molecule has 1 aliphatic rings. The summed E-state index contributed by atoms with van der Waals surface area (Å²) in [4.78, 5) is 18.3. The van der Waals surface area contributed by atoms with Crippen molar-refractivity contribution in [2.24, 2.45) is 17.7 Å². The Morgan fingerprint density at radius 3 is 2.94 bits per heavy atom. The third-order valence-corrected chi connectivity index (χ3v) is 3.57. The number of rotatable bonds is 3. The van der Waals surface area contributed by atoms with Crippen molar-refractivity contribution in [2.45, 2.75) is 20.3 Å². The first-order chi connectivity index (χ1) is 8.61. The molecule has 2 heterocycles. The monoisotopic (exact) mass is 248 g/mol. The molecule has 1 fully saturated rings. The zero-order valence-corrected chi connectivity index (χ0v) is 10.9. The highest BCUT2D eigenvalue weighted by Crippen LogP contribution is 2.24. The number of nitrogen functional groups attached to an aromatic ring is 1. The lowest BCUT2D eigenvalue weighted by molar-refractivity contribution is 0.0778. The highest BCUT2D eigenvalue weighted by molar-refractivity contribution is 5.92. The van der Waals surface area contributed by atoms with E-state index in [0.717, 1.165) is 19.5 Å². The van der Waals surface area contributed by atoms with Gasteiger partial charge in [-0.3, -0.25) is 4.79 Å². The van der Waals surface area contributed by atoms with E-state index in [1.54, 1.807) is 18.2 Å². The predicted molar refractivity (Wildman–Crippen MR) is 70.9 cm³/mol. The van der Waals surface area contributed by atoms with Crippen LogP contribution in [-0.4, -0.2) is 28.9 Å². The van der Waals surface area contributed by atoms with Gasteiger partial charge in [0.1, 0.15) is 11.5 Å². The molecule has 0 bridgehead atoms. The number of aromatic nitrogens is 1. The Morgan fingerprint density at radius 2 is 2.33 bits per heavy atom. The Bertz CT molecular complexity index is 433. The number of hydrogen-bond acceptors (Lipinski definition) is 4. The van der Waals surface area contributed by atoms with Crippen LogP contribution in [0, 0.1) is 11.8 Å². The maximum atomic E-state index is 12.3. The zero-order valence-electron chi connectivity index (χ0n) is 10.9. The third-order valence-electron chi connectivity index (χ3n) is 3.57. The fourth-order valence-corrected chi connectivity index (χ4v) is 2.31. The van der Waals surface area contributed by atoms with Crippen molar-refractivity contribution < 1.29 is 4.79 Å². The first-order valence-corrected chi connectivity index (χ1v) is 6.34. The summed E-state index contributed by atoms with van der Waals surface area (Å²) < 4.78 is 0. The number of anilines is 1. The van der Waals surface area contributed by atoms with E-state index in [2.05, 4.69) is 24.3 Å². The van der Waals surface area contributed by atoms with Gasteiger partial charge in [-0.05, 0) is 30.4 Å². The van der Waals surface area contributed by atoms with E-state index < -0.39 is 0 Å². The van der Waals surface area contributed by atoms with Crippen LogP contribution in [-0.2, 0) is 0 Å². The van der Waals surface area contributed by atoms with Crippen LogP contribution < -0.4 is 11.3 Å². The lowest BCUT2D eigenvalue weighted by atomic mass is 9.95. The van der Waals surface area contributed by atoms with Gasteiger partial charge < -0.3 is 10.3 Å². The maximum Gasteiger partial charge on any atom is 0.272 e. The van der Waals surface area contributed by atoms with Crippen LogP contribution in [0.5, 0.6) is 0 Å². The van der Waals surface area contributed by atoms with Gasteiger partial charge in [0, 0.05) is 13.1 Å². The van der Waals surface area contributed by atoms with Crippen LogP contribution in [0.2, 0.25) is 0 Å². The number of nitrogens with one attached hydrogen (secondary N) is 1. The fraction of sp³-hybridized carbons (Fsp3) is 0.538. The van der Waals surface area contributed by atoms with Gasteiger partial charge >= 0.3 is 0 Å². The van der Waals surface area contributed by atoms with E-state index in [4.69, 9.17) is 5.84 Å². The standard InChI is InChI=1S/C13H20N4O/c1-9(2)10-6-7-17(8-10)13(18)11-4-3-5-12(15-11)16-14/h3-5,9-10H,6-8,14H2,1-2H3,(H,15,16). The lowest BCUT2D eigenvalue weighted by Gasteiger charge is -2.18. The molecule has 1 unspecified atom stereocenters. The van der Waals surface area contributed by atoms with Crippen molar-refractivity contribution in [3.63, 3.8) is 0 Å². The van der Waals surface area contributed by atoms with Gasteiger partial charge in [0.15, 0.2) is 0 Å². The van der Waals surface area contributed by atoms with Gasteiger partial charge in [-0.2, -0.15) is 0 Å². The molecular formula is C13H20N4O. The van der Waals surface area contributed by atoms with Crippen LogP contribution in [0.25, 0.3) is 0 Å². The smallest absolute Gasteiger partial charge is 0.272 e. The number of likely N-dealkylation sites (tertiary alicyclic amines) is 1. The summed E-state index contributed by atoms with van der Waals surface area (Å²) in [5.74, 6) is 7.03. The normalized spacial score (nSPS) is 19.3. The van der Waals surface area contributed by atoms with Crippen LogP contribution in [0.15, 0.2) is 18.2 Å². The van der Waals surface area contributed by atoms with Gasteiger partial charge in [0.2, 0.25) is 0 Å². The topological polar surface area (TPSA) is 71.2 Å². The molecule has 1 aromatic rings. The van der Waals surface area contributed by atoms with Crippen molar-refractivity contribution in [1.82, 2.24) is 9.88 Å². The Labute approximate surface area is 107 Å². The van der Waals surface area contributed by atoms with Crippen molar-refractivity contribution in [1.29, 1.82) is 0 Å². The van der Waals surface area contributed by atoms with Crippen LogP contribution in [0.1, 0.15) is 30.8 Å². The fourth-order valence-electron chi connectivity index (χ4n) is 2.31. The highest BCUT2D eigenvalue weighted by atomic mass is 16.2. The number of hydrogen-bond donors (Lipinski definition) is 2. The first-order valence-electron chi connectivity index (χ1n) is 6.34. The van der Waals surface area contributed by atoms with Crippen LogP contribution >= 0.6 is 0 Å². The molecule has 0 radical (unpaired) electrons. The Kier molecular flexibility index (Phi) is 3.81. The van der Waals surface area contributed by atoms with E-state index in [1.165, 1.54) is 0 Å². The molecule has 1 atom stereocenters. The summed E-state index contributed by atoms with van der Waals surface area (Å²) in [5.41, 5.74) is 2.91. The number of nitrogens with zero attached hydrogens (tertiary/aromatic N) is 2. The second kappa shape index (κ2) is 5.35. The second-order valence-corrected chi connectivity index (χ2v) is 5.10. The molecule has 0 spiro atoms. The molecule has 5 heteroatoms. The molecule has 5 nitrogen and oxygen atoms in total. The average molecular weight is 248 g/mol. The zero-order chi connectivity index (χ0) is 13.1. The van der Waals surface area contributed by atoms with Gasteiger partial charge in [-0.15, -0.1) is 0 Å². The molecule has 1 saturated heterocycles. The number of carbonyl (C=O) groups is 1. The highest BCUT2D eigenvalue weighted by Gasteiger charge is 2.29. The molecule has 1 aromatic heterocycles. The second-order valence-electron chi connectivity index (χ2n) is 5.10. The Balaban J connectivity index is 2.08. The molecule has 1 amide bonds. The summed E-state index contributed by atoms with van der Waals surface area (Å²) in [6.45, 7) is 6.06. The van der Waals surface area contributed by atoms with Gasteiger partial charge in [-0.25, -0.2) is 10.8 Å². The summed E-state index contributed by atoms with van der Waals surface area (Å²) in [6.07, 6.45) is 1.08. The minimum Gasteiger partial charge on any atom is -0.337 e. The number of pyridine rings is 1. The minimum absolute atomic E-state index is 0.00440. The third kappa shape index (κ3) is 2.61. The van der Waals surface area contributed by atoms with Crippen molar-refractivity contribution >= 4 is 11.7 Å². The van der Waals surface area contributed by atoms with Crippen LogP contribution in [0.4, 0.5) is 5.82 Å². The van der Waals surface area contributed by atoms with Crippen molar-refractivity contribution in [3.05, 3.63) is 23.9 Å². The predicted octanol–water partition coefficient (Wildman–Crippen LogP) is 1.49. The van der Waals surface area contributed by atoms with Crippen LogP contribution in [0.3, 0.4) is 0 Å². The molecule has 2 rings (SSSR count). The number of nitrogens with two attached hydrogens (primary N) is 1. The molecule has 3 N–H and O–H groups in total. The van der Waals surface area contributed by atoms with Crippen molar-refractivity contribution in [3.8, 4) is 0 Å². The van der Waals surface area contributed by atoms with Gasteiger partial charge in [-0.1, -0.05) is 19.9 Å². The van der Waals surface area contributed by atoms with E-state index in [9.17, 15) is 4.79 Å². The Morgan fingerprint density at radius 1 is 1.56 bits per heavy atom. The SMILES string of the molecule is CC(C)C1CCN(C(=O)c2cccc(NN)n2)C1. The number of hydrazine groups is 1. The molecule has 0 aromatic carbocycles. The minimum atomic E-state index is -0.00440. The lowest BCUT2D eigenvalue weighted by Crippen LogP contribution is -2.30. The van der Waals surface area contributed by atoms with Crippen molar-refractivity contribution in [2.75, 3.05) is 18.5 Å². The van der Waals surface area contributed by atoms with E-state index in [-0.39, 0.29) is 5.91 Å². The molecule has 1 aliphatic heterocycles. The molecule has 0 aliphatic carbocycles.